The van der Waals surface area contributed by atoms with Gasteiger partial charge in [0.1, 0.15) is 5.82 Å². The molecule has 19 heavy (non-hydrogen) atoms. The molecule has 2 rings (SSSR count). The first-order valence-corrected chi connectivity index (χ1v) is 5.78. The lowest BCUT2D eigenvalue weighted by atomic mass is 10.2. The van der Waals surface area contributed by atoms with E-state index >= 15 is 0 Å². The van der Waals surface area contributed by atoms with E-state index in [2.05, 4.69) is 20.7 Å². The van der Waals surface area contributed by atoms with Crippen molar-refractivity contribution in [2.45, 2.75) is 13.8 Å². The Labute approximate surface area is 111 Å². The molecule has 6 nitrogen and oxygen atoms in total. The second kappa shape index (κ2) is 5.45. The number of amides is 1. The number of nitrogen functional groups attached to an aromatic ring is 1. The molecule has 0 saturated carbocycles. The lowest BCUT2D eigenvalue weighted by Crippen LogP contribution is -2.15. The van der Waals surface area contributed by atoms with E-state index in [9.17, 15) is 4.79 Å². The Hall–Kier alpha value is -2.47. The van der Waals surface area contributed by atoms with Gasteiger partial charge in [-0.15, -0.1) is 0 Å². The maximum atomic E-state index is 12.2. The van der Waals surface area contributed by atoms with E-state index in [1.54, 1.807) is 37.4 Å². The normalized spacial score (nSPS) is 10.1. The van der Waals surface area contributed by atoms with Gasteiger partial charge in [0, 0.05) is 17.5 Å². The van der Waals surface area contributed by atoms with Gasteiger partial charge in [0.15, 0.2) is 0 Å². The summed E-state index contributed by atoms with van der Waals surface area (Å²) in [7, 11) is 0. The predicted octanol–water partition coefficient (Wildman–Crippen LogP) is 1.63. The molecule has 0 unspecified atom stereocenters. The smallest absolute Gasteiger partial charge is 0.255 e. The molecule has 1 amide bonds. The van der Waals surface area contributed by atoms with Crippen molar-refractivity contribution in [1.82, 2.24) is 9.97 Å². The maximum Gasteiger partial charge on any atom is 0.255 e. The molecule has 0 aliphatic rings. The Morgan fingerprint density at radius 1 is 1.32 bits per heavy atom. The van der Waals surface area contributed by atoms with Crippen LogP contribution in [0.2, 0.25) is 0 Å². The van der Waals surface area contributed by atoms with Crippen molar-refractivity contribution >= 4 is 17.4 Å². The average Bonchev–Trinajstić information content (AvgIpc) is 2.40. The first-order chi connectivity index (χ1) is 9.10. The van der Waals surface area contributed by atoms with Gasteiger partial charge in [-0.2, -0.15) is 0 Å². The molecule has 0 bridgehead atoms. The van der Waals surface area contributed by atoms with Gasteiger partial charge in [-0.3, -0.25) is 9.78 Å². The van der Waals surface area contributed by atoms with Crippen LogP contribution in [0.25, 0.3) is 0 Å². The van der Waals surface area contributed by atoms with Crippen molar-refractivity contribution in [3.63, 3.8) is 0 Å². The van der Waals surface area contributed by atoms with Gasteiger partial charge >= 0.3 is 0 Å². The predicted molar refractivity (Wildman–Crippen MR) is 73.7 cm³/mol. The third-order valence-electron chi connectivity index (χ3n) is 2.62. The second-order valence-electron chi connectivity index (χ2n) is 4.12. The van der Waals surface area contributed by atoms with Crippen molar-refractivity contribution in [2.24, 2.45) is 5.84 Å². The number of hydrogen-bond acceptors (Lipinski definition) is 5. The molecular formula is C13H15N5O. The summed E-state index contributed by atoms with van der Waals surface area (Å²) in [5, 5.41) is 2.81. The Kier molecular flexibility index (Phi) is 3.72. The van der Waals surface area contributed by atoms with Gasteiger partial charge in [-0.25, -0.2) is 10.8 Å². The van der Waals surface area contributed by atoms with Crippen molar-refractivity contribution < 1.29 is 4.79 Å². The Morgan fingerprint density at radius 2 is 2.11 bits per heavy atom. The molecule has 0 aliphatic heterocycles. The molecule has 0 saturated heterocycles. The van der Waals surface area contributed by atoms with E-state index in [1.807, 2.05) is 6.92 Å². The third kappa shape index (κ3) is 3.05. The van der Waals surface area contributed by atoms with Gasteiger partial charge in [0.05, 0.1) is 11.4 Å². The van der Waals surface area contributed by atoms with Crippen LogP contribution in [0.4, 0.5) is 11.5 Å². The van der Waals surface area contributed by atoms with Gasteiger partial charge < -0.3 is 10.7 Å². The minimum atomic E-state index is -0.224. The number of carbonyl (C=O) groups is 1. The molecule has 0 spiro atoms. The number of pyridine rings is 2. The molecule has 2 aromatic rings. The van der Waals surface area contributed by atoms with Crippen LogP contribution >= 0.6 is 0 Å². The molecule has 98 valence electrons. The first kappa shape index (κ1) is 13.0. The number of hydrazine groups is 1. The van der Waals surface area contributed by atoms with Crippen LogP contribution in [0.5, 0.6) is 0 Å². The van der Waals surface area contributed by atoms with E-state index in [0.717, 1.165) is 5.69 Å². The molecule has 2 heterocycles. The molecule has 2 aromatic heterocycles. The van der Waals surface area contributed by atoms with Crippen molar-refractivity contribution in [3.05, 3.63) is 47.4 Å². The first-order valence-electron chi connectivity index (χ1n) is 5.78. The quantitative estimate of drug-likeness (QED) is 0.574. The highest BCUT2D eigenvalue weighted by Crippen LogP contribution is 2.14. The fraction of sp³-hybridized carbons (Fsp3) is 0.154. The molecule has 0 fully saturated rings. The van der Waals surface area contributed by atoms with E-state index in [-0.39, 0.29) is 5.91 Å². The highest BCUT2D eigenvalue weighted by molar-refractivity contribution is 6.05. The lowest BCUT2D eigenvalue weighted by molar-refractivity contribution is 0.102. The van der Waals surface area contributed by atoms with Gasteiger partial charge in [0.2, 0.25) is 0 Å². The third-order valence-corrected chi connectivity index (χ3v) is 2.62. The minimum Gasteiger partial charge on any atom is -0.320 e. The van der Waals surface area contributed by atoms with E-state index < -0.39 is 0 Å². The number of aryl methyl sites for hydroxylation is 2. The summed E-state index contributed by atoms with van der Waals surface area (Å²) in [6.45, 7) is 3.63. The van der Waals surface area contributed by atoms with Gasteiger partial charge in [-0.05, 0) is 38.1 Å². The molecule has 0 aromatic carbocycles. The van der Waals surface area contributed by atoms with Crippen molar-refractivity contribution in [3.8, 4) is 0 Å². The summed E-state index contributed by atoms with van der Waals surface area (Å²) < 4.78 is 0. The molecule has 0 radical (unpaired) electrons. The van der Waals surface area contributed by atoms with Crippen LogP contribution in [0.3, 0.4) is 0 Å². The number of anilines is 2. The second-order valence-corrected chi connectivity index (χ2v) is 4.12. The minimum absolute atomic E-state index is 0.224. The van der Waals surface area contributed by atoms with Crippen molar-refractivity contribution in [1.29, 1.82) is 0 Å². The summed E-state index contributed by atoms with van der Waals surface area (Å²) in [5.74, 6) is 5.54. The monoisotopic (exact) mass is 257 g/mol. The maximum absolute atomic E-state index is 12.2. The molecule has 4 N–H and O–H groups in total. The zero-order valence-corrected chi connectivity index (χ0v) is 10.8. The molecule has 0 aliphatic carbocycles. The number of hydrogen-bond donors (Lipinski definition) is 3. The van der Waals surface area contributed by atoms with E-state index in [1.165, 1.54) is 0 Å². The van der Waals surface area contributed by atoms with Crippen molar-refractivity contribution in [2.75, 3.05) is 10.7 Å². The van der Waals surface area contributed by atoms with Crippen LogP contribution in [0, 0.1) is 13.8 Å². The van der Waals surface area contributed by atoms with Crippen LogP contribution in [-0.4, -0.2) is 15.9 Å². The SMILES string of the molecule is Cc1cc(C(=O)Nc2cccnc2C)cc(NN)n1. The number of rotatable bonds is 3. The highest BCUT2D eigenvalue weighted by Gasteiger charge is 2.10. The lowest BCUT2D eigenvalue weighted by Gasteiger charge is -2.09. The summed E-state index contributed by atoms with van der Waals surface area (Å²) in [6.07, 6.45) is 1.68. The molecule has 6 heteroatoms. The summed E-state index contributed by atoms with van der Waals surface area (Å²) in [4.78, 5) is 20.4. The highest BCUT2D eigenvalue weighted by atomic mass is 16.1. The zero-order chi connectivity index (χ0) is 13.8. The number of nitrogens with two attached hydrogens (primary N) is 1. The Morgan fingerprint density at radius 3 is 2.79 bits per heavy atom. The topological polar surface area (TPSA) is 92.9 Å². The molecular weight excluding hydrogens is 242 g/mol. The Balaban J connectivity index is 2.25. The summed E-state index contributed by atoms with van der Waals surface area (Å²) >= 11 is 0. The van der Waals surface area contributed by atoms with E-state index in [4.69, 9.17) is 5.84 Å². The average molecular weight is 257 g/mol. The number of aromatic nitrogens is 2. The standard InChI is InChI=1S/C13H15N5O/c1-8-6-10(7-12(16-8)18-14)13(19)17-11-4-3-5-15-9(11)2/h3-7H,14H2,1-2H3,(H,16,18)(H,17,19). The number of nitrogens with one attached hydrogen (secondary N) is 2. The summed E-state index contributed by atoms with van der Waals surface area (Å²) in [6, 6.07) is 6.86. The fourth-order valence-corrected chi connectivity index (χ4v) is 1.68. The Bertz CT molecular complexity index is 612. The van der Waals surface area contributed by atoms with Crippen LogP contribution in [-0.2, 0) is 0 Å². The van der Waals surface area contributed by atoms with Crippen LogP contribution in [0.1, 0.15) is 21.7 Å². The molecule has 0 atom stereocenters. The number of nitrogens with zero attached hydrogens (tertiary/aromatic N) is 2. The largest absolute Gasteiger partial charge is 0.320 e. The van der Waals surface area contributed by atoms with Crippen LogP contribution < -0.4 is 16.6 Å². The number of carbonyl (C=O) groups excluding carboxylic acids is 1. The van der Waals surface area contributed by atoms with E-state index in [0.29, 0.717) is 22.8 Å². The zero-order valence-electron chi connectivity index (χ0n) is 10.8. The van der Waals surface area contributed by atoms with Crippen LogP contribution in [0.15, 0.2) is 30.5 Å². The van der Waals surface area contributed by atoms with Gasteiger partial charge in [0.25, 0.3) is 5.91 Å². The fourth-order valence-electron chi connectivity index (χ4n) is 1.68. The van der Waals surface area contributed by atoms with Gasteiger partial charge in [-0.1, -0.05) is 0 Å². The summed E-state index contributed by atoms with van der Waals surface area (Å²) in [5.41, 5.74) is 5.08.